The van der Waals surface area contributed by atoms with E-state index in [1.807, 2.05) is 13.8 Å². The lowest BCUT2D eigenvalue weighted by molar-refractivity contribution is -0.126. The zero-order valence-electron chi connectivity index (χ0n) is 17.9. The Bertz CT molecular complexity index is 922. The van der Waals surface area contributed by atoms with Crippen LogP contribution in [0.3, 0.4) is 0 Å². The number of nitrogens with zero attached hydrogens (tertiary/aromatic N) is 3. The molecule has 1 aromatic carbocycles. The average Bonchev–Trinajstić information content (AvgIpc) is 3.29. The number of hydrogen-bond donors (Lipinski definition) is 2. The van der Waals surface area contributed by atoms with E-state index in [1.54, 1.807) is 36.3 Å². The molecule has 1 aliphatic rings. The molecule has 0 saturated carbocycles. The van der Waals surface area contributed by atoms with E-state index in [4.69, 9.17) is 4.74 Å². The molecule has 1 saturated heterocycles. The lowest BCUT2D eigenvalue weighted by atomic mass is 9.95. The van der Waals surface area contributed by atoms with Crippen molar-refractivity contribution in [2.45, 2.75) is 39.2 Å². The summed E-state index contributed by atoms with van der Waals surface area (Å²) >= 11 is 0.959. The number of piperidine rings is 1. The summed E-state index contributed by atoms with van der Waals surface area (Å²) < 4.78 is 5.09. The van der Waals surface area contributed by atoms with E-state index in [0.29, 0.717) is 37.4 Å². The molecule has 9 nitrogen and oxygen atoms in total. The largest absolute Gasteiger partial charge is 0.497 e. The normalized spacial score (nSPS) is 15.3. The molecule has 0 aliphatic carbocycles. The summed E-state index contributed by atoms with van der Waals surface area (Å²) in [6.07, 6.45) is 2.10. The predicted octanol–water partition coefficient (Wildman–Crippen LogP) is 2.57. The Morgan fingerprint density at radius 1 is 1.16 bits per heavy atom. The molecule has 1 aromatic heterocycles. The van der Waals surface area contributed by atoms with Gasteiger partial charge in [0.1, 0.15) is 5.75 Å². The second kappa shape index (κ2) is 10.3. The topological polar surface area (TPSA) is 114 Å². The quantitative estimate of drug-likeness (QED) is 0.677. The molecular weight excluding hydrogens is 418 g/mol. The van der Waals surface area contributed by atoms with Crippen molar-refractivity contribution < 1.29 is 19.1 Å². The highest BCUT2D eigenvalue weighted by molar-refractivity contribution is 7.15. The predicted molar refractivity (Wildman–Crippen MR) is 117 cm³/mol. The molecule has 0 spiro atoms. The van der Waals surface area contributed by atoms with E-state index in [1.165, 1.54) is 0 Å². The molecule has 1 fully saturated rings. The number of nitrogens with one attached hydrogen (secondary N) is 2. The number of likely N-dealkylation sites (tertiary alicyclic amines) is 1. The SMILES string of the molecule is CC[C@H](C)NC(=O)C1CCN(C(=O)c2nnc(C(=O)Nc3ccc(OC)cc3)s2)CC1. The second-order valence-corrected chi connectivity index (χ2v) is 8.46. The Morgan fingerprint density at radius 3 is 2.42 bits per heavy atom. The van der Waals surface area contributed by atoms with Gasteiger partial charge in [-0.1, -0.05) is 18.3 Å². The van der Waals surface area contributed by atoms with Gasteiger partial charge in [0.2, 0.25) is 15.9 Å². The van der Waals surface area contributed by atoms with Crippen molar-refractivity contribution in [2.75, 3.05) is 25.5 Å². The van der Waals surface area contributed by atoms with Crippen molar-refractivity contribution in [1.29, 1.82) is 0 Å². The number of rotatable bonds is 7. The zero-order chi connectivity index (χ0) is 22.4. The average molecular weight is 446 g/mol. The number of benzene rings is 1. The van der Waals surface area contributed by atoms with E-state index in [-0.39, 0.29) is 33.8 Å². The number of aromatic nitrogens is 2. The smallest absolute Gasteiger partial charge is 0.286 e. The monoisotopic (exact) mass is 445 g/mol. The molecule has 2 heterocycles. The summed E-state index contributed by atoms with van der Waals surface area (Å²) in [7, 11) is 1.57. The minimum atomic E-state index is -0.429. The highest BCUT2D eigenvalue weighted by Gasteiger charge is 2.30. The molecule has 2 N–H and O–H groups in total. The molecule has 1 atom stereocenters. The van der Waals surface area contributed by atoms with E-state index < -0.39 is 5.91 Å². The minimum absolute atomic E-state index is 0.0508. The van der Waals surface area contributed by atoms with Crippen LogP contribution in [0.2, 0.25) is 0 Å². The number of carbonyl (C=O) groups is 3. The molecule has 3 amide bonds. The third kappa shape index (κ3) is 5.78. The van der Waals surface area contributed by atoms with E-state index in [2.05, 4.69) is 20.8 Å². The summed E-state index contributed by atoms with van der Waals surface area (Å²) in [5.74, 6) is -0.0417. The van der Waals surface area contributed by atoms with Crippen LogP contribution >= 0.6 is 11.3 Å². The molecule has 0 bridgehead atoms. The van der Waals surface area contributed by atoms with E-state index >= 15 is 0 Å². The first kappa shape index (κ1) is 22.7. The van der Waals surface area contributed by atoms with E-state index in [0.717, 1.165) is 17.8 Å². The Morgan fingerprint density at radius 2 is 1.81 bits per heavy atom. The molecule has 0 unspecified atom stereocenters. The van der Waals surface area contributed by atoms with Gasteiger partial charge in [-0.25, -0.2) is 0 Å². The fourth-order valence-corrected chi connectivity index (χ4v) is 3.91. The maximum Gasteiger partial charge on any atom is 0.286 e. The lowest BCUT2D eigenvalue weighted by Crippen LogP contribution is -2.44. The van der Waals surface area contributed by atoms with Gasteiger partial charge >= 0.3 is 0 Å². The molecule has 10 heteroatoms. The van der Waals surface area contributed by atoms with E-state index in [9.17, 15) is 14.4 Å². The van der Waals surface area contributed by atoms with Crippen LogP contribution in [-0.4, -0.2) is 59.1 Å². The van der Waals surface area contributed by atoms with Gasteiger partial charge in [0.05, 0.1) is 7.11 Å². The number of hydrogen-bond acceptors (Lipinski definition) is 7. The van der Waals surface area contributed by atoms with Gasteiger partial charge in [0.25, 0.3) is 11.8 Å². The third-order valence-corrected chi connectivity index (χ3v) is 6.21. The molecule has 31 heavy (non-hydrogen) atoms. The molecule has 2 aromatic rings. The van der Waals surface area contributed by atoms with Crippen LogP contribution in [0.15, 0.2) is 24.3 Å². The second-order valence-electron chi connectivity index (χ2n) is 7.48. The molecule has 0 radical (unpaired) electrons. The van der Waals surface area contributed by atoms with Crippen molar-refractivity contribution >= 4 is 34.7 Å². The highest BCUT2D eigenvalue weighted by Crippen LogP contribution is 2.22. The first-order valence-electron chi connectivity index (χ1n) is 10.3. The Kier molecular flexibility index (Phi) is 7.56. The van der Waals surface area contributed by atoms with Crippen molar-refractivity contribution in [3.63, 3.8) is 0 Å². The number of anilines is 1. The Labute approximate surface area is 185 Å². The van der Waals surface area contributed by atoms with Crippen LogP contribution in [0.5, 0.6) is 5.75 Å². The summed E-state index contributed by atoms with van der Waals surface area (Å²) in [6.45, 7) is 4.96. The van der Waals surface area contributed by atoms with Crippen molar-refractivity contribution in [3.05, 3.63) is 34.3 Å². The number of ether oxygens (including phenoxy) is 1. The van der Waals surface area contributed by atoms with Gasteiger partial charge < -0.3 is 20.3 Å². The fraction of sp³-hybridized carbons (Fsp3) is 0.476. The summed E-state index contributed by atoms with van der Waals surface area (Å²) in [6, 6.07) is 7.04. The maximum atomic E-state index is 12.8. The van der Waals surface area contributed by atoms with Crippen LogP contribution in [0, 0.1) is 5.92 Å². The molecular formula is C21H27N5O4S. The van der Waals surface area contributed by atoms with Gasteiger partial charge in [-0.05, 0) is 50.5 Å². The lowest BCUT2D eigenvalue weighted by Gasteiger charge is -2.31. The first-order valence-corrected chi connectivity index (χ1v) is 11.1. The van der Waals surface area contributed by atoms with Gasteiger partial charge in [0, 0.05) is 30.7 Å². The van der Waals surface area contributed by atoms with Crippen molar-refractivity contribution in [3.8, 4) is 5.75 Å². The molecule has 166 valence electrons. The number of amides is 3. The molecule has 1 aliphatic heterocycles. The standard InChI is InChI=1S/C21H27N5O4S/c1-4-13(2)22-17(27)14-9-11-26(12-10-14)21(29)20-25-24-19(31-20)18(28)23-15-5-7-16(30-3)8-6-15/h5-8,13-14H,4,9-12H2,1-3H3,(H,22,27)(H,23,28)/t13-/m0/s1. The Hall–Kier alpha value is -3.01. The van der Waals surface area contributed by atoms with Crippen LogP contribution in [0.25, 0.3) is 0 Å². The zero-order valence-corrected chi connectivity index (χ0v) is 18.7. The summed E-state index contributed by atoms with van der Waals surface area (Å²) in [5, 5.41) is 13.8. The number of methoxy groups -OCH3 is 1. The van der Waals surface area contributed by atoms with Crippen LogP contribution in [-0.2, 0) is 4.79 Å². The van der Waals surface area contributed by atoms with Gasteiger partial charge in [-0.3, -0.25) is 14.4 Å². The summed E-state index contributed by atoms with van der Waals surface area (Å²) in [5.41, 5.74) is 0.589. The number of carbonyl (C=O) groups excluding carboxylic acids is 3. The molecule has 3 rings (SSSR count). The van der Waals surface area contributed by atoms with Crippen molar-refractivity contribution in [1.82, 2.24) is 20.4 Å². The first-order chi connectivity index (χ1) is 14.9. The third-order valence-electron chi connectivity index (χ3n) is 5.30. The highest BCUT2D eigenvalue weighted by atomic mass is 32.1. The van der Waals surface area contributed by atoms with Gasteiger partial charge in [-0.2, -0.15) is 0 Å². The fourth-order valence-electron chi connectivity index (χ4n) is 3.20. The Balaban J connectivity index is 1.54. The van der Waals surface area contributed by atoms with Crippen LogP contribution < -0.4 is 15.4 Å². The maximum absolute atomic E-state index is 12.8. The van der Waals surface area contributed by atoms with Gasteiger partial charge in [-0.15, -0.1) is 10.2 Å². The van der Waals surface area contributed by atoms with Crippen molar-refractivity contribution in [2.24, 2.45) is 5.92 Å². The summed E-state index contributed by atoms with van der Waals surface area (Å²) in [4.78, 5) is 39.1. The van der Waals surface area contributed by atoms with Gasteiger partial charge in [0.15, 0.2) is 0 Å². The minimum Gasteiger partial charge on any atom is -0.497 e. The van der Waals surface area contributed by atoms with Crippen LogP contribution in [0.1, 0.15) is 52.7 Å². The van der Waals surface area contributed by atoms with Crippen LogP contribution in [0.4, 0.5) is 5.69 Å².